The number of rotatable bonds is 7. The van der Waals surface area contributed by atoms with Crippen molar-refractivity contribution < 1.29 is 9.47 Å². The van der Waals surface area contributed by atoms with Gasteiger partial charge in [0.25, 0.3) is 0 Å². The minimum absolute atomic E-state index is 0.619. The van der Waals surface area contributed by atoms with Crippen molar-refractivity contribution in [1.29, 1.82) is 0 Å². The average molecular weight is 547 g/mol. The van der Waals surface area contributed by atoms with E-state index in [1.54, 1.807) is 0 Å². The van der Waals surface area contributed by atoms with Gasteiger partial charge < -0.3 is 14.4 Å². The summed E-state index contributed by atoms with van der Waals surface area (Å²) < 4.78 is 13.5. The quantitative estimate of drug-likeness (QED) is 0.396. The molecule has 2 heterocycles. The summed E-state index contributed by atoms with van der Waals surface area (Å²) in [7, 11) is 0. The van der Waals surface area contributed by atoms with Gasteiger partial charge in [-0.3, -0.25) is 0 Å². The lowest BCUT2D eigenvalue weighted by Gasteiger charge is -2.29. The molecule has 0 radical (unpaired) electrons. The molecule has 1 aromatic heterocycles. The van der Waals surface area contributed by atoms with E-state index in [1.165, 1.54) is 11.3 Å². The predicted molar refractivity (Wildman–Crippen MR) is 130 cm³/mol. The van der Waals surface area contributed by atoms with Crippen molar-refractivity contribution >= 4 is 37.5 Å². The molecule has 2 aromatic carbocycles. The average Bonchev–Trinajstić information content (AvgIpc) is 2.79. The van der Waals surface area contributed by atoms with Crippen molar-refractivity contribution in [2.45, 2.75) is 19.8 Å². The Balaban J connectivity index is 1.57. The van der Waals surface area contributed by atoms with Gasteiger partial charge in [-0.1, -0.05) is 40.2 Å². The molecular formula is C24H25Br2N3O2. The van der Waals surface area contributed by atoms with E-state index in [0.717, 1.165) is 64.5 Å². The van der Waals surface area contributed by atoms with Crippen molar-refractivity contribution in [3.8, 4) is 5.75 Å². The lowest BCUT2D eigenvalue weighted by Crippen LogP contribution is -2.36. The van der Waals surface area contributed by atoms with Gasteiger partial charge in [0, 0.05) is 53.9 Å². The molecule has 31 heavy (non-hydrogen) atoms. The van der Waals surface area contributed by atoms with Gasteiger partial charge in [-0.15, -0.1) is 0 Å². The minimum atomic E-state index is 0.619. The SMILES string of the molecule is CCOc1cc(N2CCOCC2)ccc1Cc1ncc(Br)c(Cc2ccccc2Br)n1. The van der Waals surface area contributed by atoms with E-state index in [-0.39, 0.29) is 0 Å². The van der Waals surface area contributed by atoms with Crippen LogP contribution in [0.4, 0.5) is 5.69 Å². The van der Waals surface area contributed by atoms with E-state index in [2.05, 4.69) is 72.1 Å². The number of ether oxygens (including phenoxy) is 2. The summed E-state index contributed by atoms with van der Waals surface area (Å²) in [6.45, 7) is 5.96. The Kier molecular flexibility index (Phi) is 7.58. The van der Waals surface area contributed by atoms with Crippen LogP contribution in [0.3, 0.4) is 0 Å². The molecule has 0 spiro atoms. The summed E-state index contributed by atoms with van der Waals surface area (Å²) in [4.78, 5) is 11.8. The molecule has 1 fully saturated rings. The van der Waals surface area contributed by atoms with Crippen LogP contribution in [0.5, 0.6) is 5.75 Å². The second kappa shape index (κ2) is 10.6. The third-order valence-electron chi connectivity index (χ3n) is 5.26. The highest BCUT2D eigenvalue weighted by Crippen LogP contribution is 2.29. The van der Waals surface area contributed by atoms with Gasteiger partial charge in [0.2, 0.25) is 0 Å². The van der Waals surface area contributed by atoms with Gasteiger partial charge >= 0.3 is 0 Å². The molecule has 0 unspecified atom stereocenters. The van der Waals surface area contributed by atoms with Gasteiger partial charge in [0.1, 0.15) is 11.6 Å². The van der Waals surface area contributed by atoms with Crippen LogP contribution in [0.25, 0.3) is 0 Å². The summed E-state index contributed by atoms with van der Waals surface area (Å²) in [5.74, 6) is 1.68. The van der Waals surface area contributed by atoms with Crippen molar-refractivity contribution in [1.82, 2.24) is 9.97 Å². The number of aromatic nitrogens is 2. The summed E-state index contributed by atoms with van der Waals surface area (Å²) >= 11 is 7.24. The molecule has 0 amide bonds. The third kappa shape index (κ3) is 5.64. The van der Waals surface area contributed by atoms with E-state index >= 15 is 0 Å². The number of halogens is 2. The van der Waals surface area contributed by atoms with Gasteiger partial charge in [0.05, 0.1) is 30.0 Å². The molecule has 0 bridgehead atoms. The van der Waals surface area contributed by atoms with Crippen LogP contribution in [-0.4, -0.2) is 42.9 Å². The maximum absolute atomic E-state index is 5.98. The molecular weight excluding hydrogens is 522 g/mol. The molecule has 162 valence electrons. The molecule has 0 aliphatic carbocycles. The number of benzene rings is 2. The fourth-order valence-electron chi connectivity index (χ4n) is 3.64. The van der Waals surface area contributed by atoms with Crippen LogP contribution in [0.2, 0.25) is 0 Å². The molecule has 4 rings (SSSR count). The number of hydrogen-bond donors (Lipinski definition) is 0. The topological polar surface area (TPSA) is 47.5 Å². The fraction of sp³-hybridized carbons (Fsp3) is 0.333. The van der Waals surface area contributed by atoms with E-state index in [0.29, 0.717) is 13.0 Å². The zero-order chi connectivity index (χ0) is 21.6. The first kappa shape index (κ1) is 22.2. The van der Waals surface area contributed by atoms with Gasteiger partial charge in [0.15, 0.2) is 0 Å². The molecule has 3 aromatic rings. The summed E-state index contributed by atoms with van der Waals surface area (Å²) in [5.41, 5.74) is 4.42. The van der Waals surface area contributed by atoms with Crippen molar-refractivity contribution in [2.24, 2.45) is 0 Å². The van der Waals surface area contributed by atoms with Crippen molar-refractivity contribution in [3.63, 3.8) is 0 Å². The van der Waals surface area contributed by atoms with E-state index in [1.807, 2.05) is 25.3 Å². The standard InChI is InChI=1S/C24H25Br2N3O2/c1-2-31-23-15-19(29-9-11-30-12-10-29)8-7-18(23)14-24-27-16-21(26)22(28-24)13-17-5-3-4-6-20(17)25/h3-8,15-16H,2,9-14H2,1H3. The van der Waals surface area contributed by atoms with Crippen LogP contribution in [0, 0.1) is 0 Å². The zero-order valence-electron chi connectivity index (χ0n) is 17.5. The highest BCUT2D eigenvalue weighted by molar-refractivity contribution is 9.10. The Hall–Kier alpha value is -1.96. The normalized spacial score (nSPS) is 14.0. The fourth-order valence-corrected chi connectivity index (χ4v) is 4.40. The van der Waals surface area contributed by atoms with Crippen molar-refractivity contribution in [2.75, 3.05) is 37.8 Å². The highest BCUT2D eigenvalue weighted by Gasteiger charge is 2.15. The Labute approximate surface area is 200 Å². The van der Waals surface area contributed by atoms with Crippen LogP contribution >= 0.6 is 31.9 Å². The summed E-state index contributed by atoms with van der Waals surface area (Å²) in [6.07, 6.45) is 3.19. The summed E-state index contributed by atoms with van der Waals surface area (Å²) in [5, 5.41) is 0. The largest absolute Gasteiger partial charge is 0.494 e. The third-order valence-corrected chi connectivity index (χ3v) is 6.69. The molecule has 1 aliphatic rings. The van der Waals surface area contributed by atoms with Crippen LogP contribution in [0.15, 0.2) is 57.6 Å². The molecule has 1 aliphatic heterocycles. The molecule has 0 saturated carbocycles. The molecule has 0 atom stereocenters. The Morgan fingerprint density at radius 2 is 1.81 bits per heavy atom. The van der Waals surface area contributed by atoms with Gasteiger partial charge in [-0.25, -0.2) is 9.97 Å². The summed E-state index contributed by atoms with van der Waals surface area (Å²) in [6, 6.07) is 14.6. The van der Waals surface area contributed by atoms with E-state index in [4.69, 9.17) is 14.5 Å². The van der Waals surface area contributed by atoms with E-state index in [9.17, 15) is 0 Å². The smallest absolute Gasteiger partial charge is 0.133 e. The van der Waals surface area contributed by atoms with Crippen LogP contribution in [-0.2, 0) is 17.6 Å². The Bertz CT molecular complexity index is 1040. The molecule has 1 saturated heterocycles. The second-order valence-electron chi connectivity index (χ2n) is 7.35. The second-order valence-corrected chi connectivity index (χ2v) is 9.06. The van der Waals surface area contributed by atoms with Crippen molar-refractivity contribution in [3.05, 3.63) is 80.3 Å². The first-order chi connectivity index (χ1) is 15.1. The molecule has 0 N–H and O–H groups in total. The zero-order valence-corrected chi connectivity index (χ0v) is 20.7. The Morgan fingerprint density at radius 3 is 2.58 bits per heavy atom. The van der Waals surface area contributed by atoms with E-state index < -0.39 is 0 Å². The monoisotopic (exact) mass is 545 g/mol. The van der Waals surface area contributed by atoms with Gasteiger partial charge in [-0.05, 0) is 40.5 Å². The maximum atomic E-state index is 5.98. The number of anilines is 1. The number of morpholine rings is 1. The lowest BCUT2D eigenvalue weighted by atomic mass is 10.1. The molecule has 7 heteroatoms. The first-order valence-electron chi connectivity index (χ1n) is 10.5. The lowest BCUT2D eigenvalue weighted by molar-refractivity contribution is 0.122. The predicted octanol–water partition coefficient (Wildman–Crippen LogP) is 5.42. The van der Waals surface area contributed by atoms with Crippen LogP contribution < -0.4 is 9.64 Å². The van der Waals surface area contributed by atoms with Gasteiger partial charge in [-0.2, -0.15) is 0 Å². The molecule has 5 nitrogen and oxygen atoms in total. The number of hydrogen-bond acceptors (Lipinski definition) is 5. The highest BCUT2D eigenvalue weighted by atomic mass is 79.9. The van der Waals surface area contributed by atoms with Crippen LogP contribution in [0.1, 0.15) is 29.6 Å². The minimum Gasteiger partial charge on any atom is -0.494 e. The maximum Gasteiger partial charge on any atom is 0.133 e. The number of nitrogens with zero attached hydrogens (tertiary/aromatic N) is 3. The first-order valence-corrected chi connectivity index (χ1v) is 12.0. The Morgan fingerprint density at radius 1 is 1.00 bits per heavy atom.